The summed E-state index contributed by atoms with van der Waals surface area (Å²) in [4.78, 5) is 30.1. The molecule has 0 radical (unpaired) electrons. The number of ether oxygens (including phenoxy) is 1. The fraction of sp³-hybridized carbons (Fsp3) is 0.462. The van der Waals surface area contributed by atoms with Gasteiger partial charge in [0.15, 0.2) is 6.10 Å². The van der Waals surface area contributed by atoms with E-state index in [-0.39, 0.29) is 30.5 Å². The number of carbonyl (C=O) groups is 2. The maximum atomic E-state index is 13.1. The first-order valence-electron chi connectivity index (χ1n) is 11.8. The third-order valence-corrected chi connectivity index (χ3v) is 6.76. The molecule has 0 spiro atoms. The van der Waals surface area contributed by atoms with E-state index >= 15 is 0 Å². The average molecular weight is 434 g/mol. The normalized spacial score (nSPS) is 23.6. The van der Waals surface area contributed by atoms with Crippen LogP contribution >= 0.6 is 0 Å². The van der Waals surface area contributed by atoms with Crippen LogP contribution in [0.25, 0.3) is 0 Å². The molecule has 2 aliphatic heterocycles. The van der Waals surface area contributed by atoms with E-state index in [0.717, 1.165) is 50.9 Å². The summed E-state index contributed by atoms with van der Waals surface area (Å²) >= 11 is 0. The monoisotopic (exact) mass is 433 g/mol. The predicted molar refractivity (Wildman–Crippen MR) is 122 cm³/mol. The molecule has 3 aliphatic rings. The Labute approximate surface area is 189 Å². The lowest BCUT2D eigenvalue weighted by molar-refractivity contribution is -0.165. The Bertz CT molecular complexity index is 960. The molecule has 1 N–H and O–H groups in total. The van der Waals surface area contributed by atoms with Crippen molar-refractivity contribution in [3.05, 3.63) is 71.3 Å². The molecule has 168 valence electrons. The Morgan fingerprint density at radius 3 is 2.56 bits per heavy atom. The fourth-order valence-corrected chi connectivity index (χ4v) is 4.98. The standard InChI is InChI=1S/C26H31N3O3/c30-23-18-32-25(24(29(23)22-11-12-22)20-8-2-1-3-9-20)26(31)27-14-6-15-28-16-13-19-7-4-5-10-21(19)17-28/h1-5,7-10,22,24-25H,6,11-18H2,(H,27,31)/t24-,25+/m0/s1. The summed E-state index contributed by atoms with van der Waals surface area (Å²) in [6, 6.07) is 18.3. The first-order chi connectivity index (χ1) is 15.7. The van der Waals surface area contributed by atoms with Gasteiger partial charge in [-0.25, -0.2) is 0 Å². The highest BCUT2D eigenvalue weighted by atomic mass is 16.5. The van der Waals surface area contributed by atoms with Crippen molar-refractivity contribution in [2.75, 3.05) is 26.2 Å². The molecular weight excluding hydrogens is 402 g/mol. The van der Waals surface area contributed by atoms with Crippen molar-refractivity contribution >= 4 is 11.8 Å². The van der Waals surface area contributed by atoms with E-state index in [1.807, 2.05) is 35.2 Å². The lowest BCUT2D eigenvalue weighted by atomic mass is 9.96. The van der Waals surface area contributed by atoms with Crippen molar-refractivity contribution in [1.29, 1.82) is 0 Å². The number of morpholine rings is 1. The minimum Gasteiger partial charge on any atom is -0.356 e. The minimum atomic E-state index is -0.669. The largest absolute Gasteiger partial charge is 0.356 e. The van der Waals surface area contributed by atoms with Gasteiger partial charge in [0.1, 0.15) is 6.61 Å². The van der Waals surface area contributed by atoms with Crippen LogP contribution in [0.1, 0.15) is 42.0 Å². The Morgan fingerprint density at radius 2 is 1.78 bits per heavy atom. The van der Waals surface area contributed by atoms with Crippen LogP contribution in [0.2, 0.25) is 0 Å². The molecule has 5 rings (SSSR count). The smallest absolute Gasteiger partial charge is 0.251 e. The van der Waals surface area contributed by atoms with Gasteiger partial charge in [0.25, 0.3) is 5.91 Å². The number of nitrogens with zero attached hydrogens (tertiary/aromatic N) is 2. The summed E-state index contributed by atoms with van der Waals surface area (Å²) in [6.45, 7) is 3.57. The van der Waals surface area contributed by atoms with Crippen molar-refractivity contribution in [2.24, 2.45) is 0 Å². The van der Waals surface area contributed by atoms with Crippen LogP contribution in [-0.4, -0.2) is 60.0 Å². The van der Waals surface area contributed by atoms with Gasteiger partial charge in [-0.05, 0) is 42.4 Å². The summed E-state index contributed by atoms with van der Waals surface area (Å²) in [5.74, 6) is -0.142. The molecule has 2 heterocycles. The van der Waals surface area contributed by atoms with Crippen molar-refractivity contribution in [3.8, 4) is 0 Å². The molecule has 2 aromatic rings. The number of rotatable bonds is 7. The first kappa shape index (κ1) is 21.2. The van der Waals surface area contributed by atoms with Crippen LogP contribution in [0.4, 0.5) is 0 Å². The Balaban J connectivity index is 1.17. The number of carbonyl (C=O) groups excluding carboxylic acids is 2. The molecule has 6 heteroatoms. The summed E-state index contributed by atoms with van der Waals surface area (Å²) in [5, 5.41) is 3.08. The van der Waals surface area contributed by atoms with Crippen LogP contribution < -0.4 is 5.32 Å². The van der Waals surface area contributed by atoms with E-state index in [2.05, 4.69) is 34.5 Å². The summed E-state index contributed by atoms with van der Waals surface area (Å²) < 4.78 is 5.80. The van der Waals surface area contributed by atoms with Gasteiger partial charge in [0, 0.05) is 32.2 Å². The molecule has 2 fully saturated rings. The molecule has 0 bridgehead atoms. The molecule has 0 aromatic heterocycles. The fourth-order valence-electron chi connectivity index (χ4n) is 4.98. The third-order valence-electron chi connectivity index (χ3n) is 6.76. The minimum absolute atomic E-state index is 0.0178. The van der Waals surface area contributed by atoms with Crippen LogP contribution in [0.15, 0.2) is 54.6 Å². The molecule has 2 aromatic carbocycles. The van der Waals surface area contributed by atoms with Gasteiger partial charge < -0.3 is 15.0 Å². The molecule has 0 unspecified atom stereocenters. The van der Waals surface area contributed by atoms with Crippen molar-refractivity contribution < 1.29 is 14.3 Å². The lowest BCUT2D eigenvalue weighted by Crippen LogP contribution is -2.55. The van der Waals surface area contributed by atoms with Crippen molar-refractivity contribution in [2.45, 2.75) is 50.4 Å². The van der Waals surface area contributed by atoms with Gasteiger partial charge in [0.2, 0.25) is 5.91 Å². The van der Waals surface area contributed by atoms with Gasteiger partial charge in [-0.15, -0.1) is 0 Å². The average Bonchev–Trinajstić information content (AvgIpc) is 3.67. The van der Waals surface area contributed by atoms with E-state index in [4.69, 9.17) is 4.74 Å². The van der Waals surface area contributed by atoms with Crippen molar-refractivity contribution in [3.63, 3.8) is 0 Å². The molecule has 32 heavy (non-hydrogen) atoms. The zero-order chi connectivity index (χ0) is 21.9. The maximum absolute atomic E-state index is 13.1. The lowest BCUT2D eigenvalue weighted by Gasteiger charge is -2.40. The van der Waals surface area contributed by atoms with Crippen LogP contribution in [-0.2, 0) is 27.3 Å². The molecular formula is C26H31N3O3. The number of amides is 2. The topological polar surface area (TPSA) is 61.9 Å². The van der Waals surface area contributed by atoms with Gasteiger partial charge in [-0.1, -0.05) is 54.6 Å². The summed E-state index contributed by atoms with van der Waals surface area (Å²) in [6.07, 6.45) is 3.31. The second-order valence-electron chi connectivity index (χ2n) is 9.06. The van der Waals surface area contributed by atoms with Gasteiger partial charge in [-0.3, -0.25) is 14.5 Å². The molecule has 2 atom stereocenters. The Kier molecular flexibility index (Phi) is 6.23. The highest BCUT2D eigenvalue weighted by molar-refractivity contribution is 5.86. The van der Waals surface area contributed by atoms with Crippen LogP contribution in [0.3, 0.4) is 0 Å². The third kappa shape index (κ3) is 4.57. The SMILES string of the molecule is O=C(NCCCN1CCc2ccccc2C1)[C@@H]1OCC(=O)N(C2CC2)[C@H]1c1ccccc1. The number of hydrogen-bond acceptors (Lipinski definition) is 4. The summed E-state index contributed by atoms with van der Waals surface area (Å²) in [5.41, 5.74) is 3.82. The predicted octanol–water partition coefficient (Wildman–Crippen LogP) is 2.68. The van der Waals surface area contributed by atoms with Crippen molar-refractivity contribution in [1.82, 2.24) is 15.1 Å². The highest BCUT2D eigenvalue weighted by Gasteiger charge is 2.47. The van der Waals surface area contributed by atoms with Crippen LogP contribution in [0.5, 0.6) is 0 Å². The number of benzene rings is 2. The Morgan fingerprint density at radius 1 is 1.03 bits per heavy atom. The first-order valence-corrected chi connectivity index (χ1v) is 11.8. The quantitative estimate of drug-likeness (QED) is 0.682. The van der Waals surface area contributed by atoms with Crippen LogP contribution in [0, 0.1) is 0 Å². The second-order valence-corrected chi connectivity index (χ2v) is 9.06. The molecule has 1 aliphatic carbocycles. The number of hydrogen-bond donors (Lipinski definition) is 1. The van der Waals surface area contributed by atoms with E-state index < -0.39 is 6.10 Å². The molecule has 2 amide bonds. The Hall–Kier alpha value is -2.70. The zero-order valence-electron chi connectivity index (χ0n) is 18.4. The molecule has 6 nitrogen and oxygen atoms in total. The number of fused-ring (bicyclic) bond motifs is 1. The van der Waals surface area contributed by atoms with Gasteiger partial charge in [0.05, 0.1) is 6.04 Å². The highest BCUT2D eigenvalue weighted by Crippen LogP contribution is 2.39. The van der Waals surface area contributed by atoms with E-state index in [1.54, 1.807) is 0 Å². The molecule has 1 saturated heterocycles. The number of nitrogens with one attached hydrogen (secondary N) is 1. The maximum Gasteiger partial charge on any atom is 0.251 e. The summed E-state index contributed by atoms with van der Waals surface area (Å²) in [7, 11) is 0. The molecule has 1 saturated carbocycles. The van der Waals surface area contributed by atoms with Gasteiger partial charge >= 0.3 is 0 Å². The van der Waals surface area contributed by atoms with E-state index in [0.29, 0.717) is 6.54 Å². The van der Waals surface area contributed by atoms with E-state index in [1.165, 1.54) is 11.1 Å². The zero-order valence-corrected chi connectivity index (χ0v) is 18.4. The second kappa shape index (κ2) is 9.43. The van der Waals surface area contributed by atoms with E-state index in [9.17, 15) is 9.59 Å². The van der Waals surface area contributed by atoms with Gasteiger partial charge in [-0.2, -0.15) is 0 Å².